The molecule has 0 spiro atoms. The van der Waals surface area contributed by atoms with Crippen LogP contribution in [0.15, 0.2) is 36.4 Å². The Bertz CT molecular complexity index is 788. The second-order valence-corrected chi connectivity index (χ2v) is 7.81. The van der Waals surface area contributed by atoms with Crippen molar-refractivity contribution in [3.63, 3.8) is 0 Å². The van der Waals surface area contributed by atoms with E-state index in [2.05, 4.69) is 11.7 Å². The van der Waals surface area contributed by atoms with Crippen molar-refractivity contribution in [1.82, 2.24) is 4.90 Å². The summed E-state index contributed by atoms with van der Waals surface area (Å²) in [6, 6.07) is 9.16. The van der Waals surface area contributed by atoms with E-state index in [9.17, 15) is 18.0 Å². The normalized spacial score (nSPS) is 20.4. The van der Waals surface area contributed by atoms with Crippen molar-refractivity contribution < 1.29 is 22.7 Å². The van der Waals surface area contributed by atoms with Crippen LogP contribution in [0.5, 0.6) is 5.75 Å². The van der Waals surface area contributed by atoms with Gasteiger partial charge in [-0.25, -0.2) is 0 Å². The summed E-state index contributed by atoms with van der Waals surface area (Å²) in [7, 11) is 0. The number of nitrogens with two attached hydrogens (primary N) is 1. The summed E-state index contributed by atoms with van der Waals surface area (Å²) in [6.45, 7) is 3.94. The number of alkyl halides is 3. The van der Waals surface area contributed by atoms with Gasteiger partial charge in [0.25, 0.3) is 5.91 Å². The molecule has 1 amide bonds. The van der Waals surface area contributed by atoms with Crippen LogP contribution in [0.4, 0.5) is 13.2 Å². The first-order chi connectivity index (χ1) is 12.2. The summed E-state index contributed by atoms with van der Waals surface area (Å²) in [4.78, 5) is 15.9. The average Bonchev–Trinajstić information content (AvgIpc) is 3.21. The van der Waals surface area contributed by atoms with Gasteiger partial charge in [-0.3, -0.25) is 4.79 Å². The number of benzene rings is 1. The number of nitrogens with zero attached hydrogens (tertiary/aromatic N) is 1. The number of carbonyl (C=O) groups is 1. The van der Waals surface area contributed by atoms with Gasteiger partial charge in [0.05, 0.1) is 4.88 Å². The quantitative estimate of drug-likeness (QED) is 0.863. The van der Waals surface area contributed by atoms with Gasteiger partial charge in [0.2, 0.25) is 0 Å². The summed E-state index contributed by atoms with van der Waals surface area (Å²) in [6.07, 6.45) is -3.83. The summed E-state index contributed by atoms with van der Waals surface area (Å²) < 4.78 is 40.5. The fourth-order valence-electron chi connectivity index (χ4n) is 2.95. The Morgan fingerprint density at radius 3 is 2.54 bits per heavy atom. The lowest BCUT2D eigenvalue weighted by Crippen LogP contribution is -2.34. The SMILES string of the molecule is CC1(CN)CCN(C(=O)c2ccc(-c3ccc(OC(F)(F)F)cc3)s2)C1. The highest BCUT2D eigenvalue weighted by Crippen LogP contribution is 2.34. The molecule has 2 N–H and O–H groups in total. The Hall–Kier alpha value is -2.06. The Morgan fingerprint density at radius 2 is 1.96 bits per heavy atom. The van der Waals surface area contributed by atoms with E-state index in [0.29, 0.717) is 24.5 Å². The fourth-order valence-corrected chi connectivity index (χ4v) is 3.93. The van der Waals surface area contributed by atoms with Gasteiger partial charge in [0.15, 0.2) is 0 Å². The number of ether oxygens (including phenoxy) is 1. The van der Waals surface area contributed by atoms with E-state index in [1.54, 1.807) is 24.3 Å². The Kier molecular flexibility index (Phi) is 4.98. The molecule has 4 nitrogen and oxygen atoms in total. The van der Waals surface area contributed by atoms with E-state index in [1.165, 1.54) is 23.5 Å². The number of carbonyl (C=O) groups excluding carboxylic acids is 1. The molecule has 0 saturated carbocycles. The molecule has 0 radical (unpaired) electrons. The molecule has 8 heteroatoms. The summed E-state index contributed by atoms with van der Waals surface area (Å²) in [5.74, 6) is -0.303. The van der Waals surface area contributed by atoms with Gasteiger partial charge in [0, 0.05) is 18.0 Å². The largest absolute Gasteiger partial charge is 0.573 e. The van der Waals surface area contributed by atoms with Crippen molar-refractivity contribution in [1.29, 1.82) is 0 Å². The van der Waals surface area contributed by atoms with Gasteiger partial charge in [0.1, 0.15) is 5.75 Å². The minimum Gasteiger partial charge on any atom is -0.406 e. The van der Waals surface area contributed by atoms with E-state index in [-0.39, 0.29) is 17.1 Å². The molecule has 1 aromatic heterocycles. The first-order valence-electron chi connectivity index (χ1n) is 8.14. The van der Waals surface area contributed by atoms with E-state index in [1.807, 2.05) is 4.90 Å². The van der Waals surface area contributed by atoms with Crippen molar-refractivity contribution >= 4 is 17.2 Å². The molecule has 1 aromatic carbocycles. The molecule has 1 aliphatic rings. The van der Waals surface area contributed by atoms with Crippen LogP contribution in [0, 0.1) is 5.41 Å². The van der Waals surface area contributed by atoms with Gasteiger partial charge in [-0.05, 0) is 60.3 Å². The third kappa shape index (κ3) is 4.19. The highest BCUT2D eigenvalue weighted by molar-refractivity contribution is 7.17. The van der Waals surface area contributed by atoms with Crippen LogP contribution < -0.4 is 10.5 Å². The highest BCUT2D eigenvalue weighted by Gasteiger charge is 2.35. The first-order valence-corrected chi connectivity index (χ1v) is 8.96. The highest BCUT2D eigenvalue weighted by atomic mass is 32.1. The molecule has 1 atom stereocenters. The van der Waals surface area contributed by atoms with Gasteiger partial charge in [-0.1, -0.05) is 6.92 Å². The third-order valence-electron chi connectivity index (χ3n) is 4.53. The molecule has 140 valence electrons. The van der Waals surface area contributed by atoms with E-state index < -0.39 is 6.36 Å². The minimum atomic E-state index is -4.71. The number of thiophene rings is 1. The lowest BCUT2D eigenvalue weighted by Gasteiger charge is -2.22. The van der Waals surface area contributed by atoms with Gasteiger partial charge < -0.3 is 15.4 Å². The van der Waals surface area contributed by atoms with Crippen molar-refractivity contribution in [2.24, 2.45) is 11.1 Å². The van der Waals surface area contributed by atoms with Gasteiger partial charge >= 0.3 is 6.36 Å². The number of hydrogen-bond donors (Lipinski definition) is 1. The zero-order valence-electron chi connectivity index (χ0n) is 14.2. The molecule has 3 rings (SSSR count). The predicted molar refractivity (Wildman–Crippen MR) is 94.1 cm³/mol. The third-order valence-corrected chi connectivity index (χ3v) is 5.65. The number of amides is 1. The number of halogens is 3. The van der Waals surface area contributed by atoms with E-state index in [4.69, 9.17) is 5.73 Å². The van der Waals surface area contributed by atoms with Crippen molar-refractivity contribution in [3.05, 3.63) is 41.3 Å². The van der Waals surface area contributed by atoms with Crippen molar-refractivity contribution in [3.8, 4) is 16.2 Å². The molecule has 0 bridgehead atoms. The first kappa shape index (κ1) is 18.7. The molecule has 2 aromatic rings. The molecule has 1 saturated heterocycles. The van der Waals surface area contributed by atoms with Gasteiger partial charge in [-0.15, -0.1) is 24.5 Å². The lowest BCUT2D eigenvalue weighted by molar-refractivity contribution is -0.274. The lowest BCUT2D eigenvalue weighted by atomic mass is 9.90. The maximum Gasteiger partial charge on any atom is 0.573 e. The van der Waals surface area contributed by atoms with Crippen LogP contribution in [0.25, 0.3) is 10.4 Å². The van der Waals surface area contributed by atoms with Crippen molar-refractivity contribution in [2.45, 2.75) is 19.7 Å². The molecular weight excluding hydrogens is 365 g/mol. The van der Waals surface area contributed by atoms with Crippen LogP contribution in [0.2, 0.25) is 0 Å². The van der Waals surface area contributed by atoms with Crippen LogP contribution in [-0.2, 0) is 0 Å². The second-order valence-electron chi connectivity index (χ2n) is 6.73. The topological polar surface area (TPSA) is 55.6 Å². The Labute approximate surface area is 153 Å². The van der Waals surface area contributed by atoms with E-state index >= 15 is 0 Å². The van der Waals surface area contributed by atoms with Crippen LogP contribution in [0.3, 0.4) is 0 Å². The summed E-state index contributed by atoms with van der Waals surface area (Å²) in [5, 5.41) is 0. The van der Waals surface area contributed by atoms with Crippen LogP contribution >= 0.6 is 11.3 Å². The van der Waals surface area contributed by atoms with Crippen LogP contribution in [0.1, 0.15) is 23.0 Å². The molecular formula is C18H19F3N2O2S. The zero-order valence-corrected chi connectivity index (χ0v) is 15.0. The zero-order chi connectivity index (χ0) is 18.9. The standard InChI is InChI=1S/C18H19F3N2O2S/c1-17(10-22)8-9-23(11-17)16(24)15-7-6-14(26-15)12-2-4-13(5-3-12)25-18(19,20)21/h2-7H,8-11,22H2,1H3. The molecule has 1 unspecified atom stereocenters. The van der Waals surface area contributed by atoms with Crippen LogP contribution in [-0.4, -0.2) is 36.8 Å². The molecule has 2 heterocycles. The fraction of sp³-hybridized carbons (Fsp3) is 0.389. The smallest absolute Gasteiger partial charge is 0.406 e. The molecule has 1 aliphatic heterocycles. The number of hydrogen-bond acceptors (Lipinski definition) is 4. The Balaban J connectivity index is 1.71. The maximum absolute atomic E-state index is 12.7. The van der Waals surface area contributed by atoms with Gasteiger partial charge in [-0.2, -0.15) is 0 Å². The van der Waals surface area contributed by atoms with E-state index in [0.717, 1.165) is 16.9 Å². The monoisotopic (exact) mass is 384 g/mol. The maximum atomic E-state index is 12.7. The summed E-state index contributed by atoms with van der Waals surface area (Å²) >= 11 is 1.32. The van der Waals surface area contributed by atoms with Crippen molar-refractivity contribution in [2.75, 3.05) is 19.6 Å². The molecule has 26 heavy (non-hydrogen) atoms. The number of likely N-dealkylation sites (tertiary alicyclic amines) is 1. The Morgan fingerprint density at radius 1 is 1.27 bits per heavy atom. The number of rotatable bonds is 4. The summed E-state index contributed by atoms with van der Waals surface area (Å²) in [5.41, 5.74) is 6.48. The minimum absolute atomic E-state index is 0.0320. The average molecular weight is 384 g/mol. The molecule has 0 aliphatic carbocycles. The molecule has 1 fully saturated rings. The predicted octanol–water partition coefficient (Wildman–Crippen LogP) is 4.12. The second kappa shape index (κ2) is 6.92.